The lowest BCUT2D eigenvalue weighted by Crippen LogP contribution is -2.48. The molecule has 19 heavy (non-hydrogen) atoms. The first-order valence-corrected chi connectivity index (χ1v) is 5.97. The van der Waals surface area contributed by atoms with Gasteiger partial charge in [-0.1, -0.05) is 0 Å². The van der Waals surface area contributed by atoms with Crippen molar-refractivity contribution in [1.29, 1.82) is 0 Å². The Bertz CT molecular complexity index is 510. The molecular formula is C12H15N3O4. The number of aryl methyl sites for hydroxylation is 1. The fourth-order valence-corrected chi connectivity index (χ4v) is 2.25. The summed E-state index contributed by atoms with van der Waals surface area (Å²) in [6, 6.07) is 4.74. The molecule has 0 aromatic heterocycles. The third-order valence-electron chi connectivity index (χ3n) is 3.28. The van der Waals surface area contributed by atoms with Gasteiger partial charge >= 0.3 is 6.09 Å². The molecular weight excluding hydrogens is 250 g/mol. The van der Waals surface area contributed by atoms with E-state index in [0.717, 1.165) is 11.3 Å². The minimum absolute atomic E-state index is 0.0745. The van der Waals surface area contributed by atoms with E-state index in [1.54, 1.807) is 12.1 Å². The van der Waals surface area contributed by atoms with E-state index in [4.69, 9.17) is 5.11 Å². The van der Waals surface area contributed by atoms with Crippen LogP contribution in [0.2, 0.25) is 0 Å². The molecule has 7 heteroatoms. The molecule has 0 saturated carbocycles. The van der Waals surface area contributed by atoms with Crippen LogP contribution in [0, 0.1) is 17.0 Å². The second-order valence-corrected chi connectivity index (χ2v) is 4.48. The highest BCUT2D eigenvalue weighted by Gasteiger charge is 2.22. The number of rotatable bonds is 2. The van der Waals surface area contributed by atoms with Crippen molar-refractivity contribution >= 4 is 17.5 Å². The van der Waals surface area contributed by atoms with Gasteiger partial charge in [-0.2, -0.15) is 0 Å². The summed E-state index contributed by atoms with van der Waals surface area (Å²) in [7, 11) is 0. The zero-order valence-electron chi connectivity index (χ0n) is 10.6. The predicted molar refractivity (Wildman–Crippen MR) is 69.6 cm³/mol. The van der Waals surface area contributed by atoms with Crippen LogP contribution in [0.4, 0.5) is 16.2 Å². The van der Waals surface area contributed by atoms with Crippen LogP contribution in [0.15, 0.2) is 18.2 Å². The Hall–Kier alpha value is -2.31. The predicted octanol–water partition coefficient (Wildman–Crippen LogP) is 1.70. The maximum Gasteiger partial charge on any atom is 0.407 e. The Morgan fingerprint density at radius 1 is 1.32 bits per heavy atom. The fourth-order valence-electron chi connectivity index (χ4n) is 2.25. The Morgan fingerprint density at radius 3 is 2.42 bits per heavy atom. The van der Waals surface area contributed by atoms with Crippen molar-refractivity contribution in [2.75, 3.05) is 31.1 Å². The lowest BCUT2D eigenvalue weighted by molar-refractivity contribution is -0.384. The summed E-state index contributed by atoms with van der Waals surface area (Å²) >= 11 is 0. The maximum absolute atomic E-state index is 10.8. The molecule has 1 aromatic rings. The molecule has 1 aliphatic rings. The van der Waals surface area contributed by atoms with Gasteiger partial charge < -0.3 is 14.9 Å². The molecule has 0 aliphatic carbocycles. The van der Waals surface area contributed by atoms with Crippen molar-refractivity contribution in [1.82, 2.24) is 4.90 Å². The molecule has 0 spiro atoms. The highest BCUT2D eigenvalue weighted by Crippen LogP contribution is 2.25. The lowest BCUT2D eigenvalue weighted by Gasteiger charge is -2.35. The Morgan fingerprint density at radius 2 is 1.95 bits per heavy atom. The lowest BCUT2D eigenvalue weighted by atomic mass is 10.1. The van der Waals surface area contributed by atoms with Gasteiger partial charge in [0.2, 0.25) is 0 Å². The normalized spacial score (nSPS) is 15.4. The van der Waals surface area contributed by atoms with Crippen molar-refractivity contribution in [2.45, 2.75) is 6.92 Å². The number of hydrogen-bond donors (Lipinski definition) is 1. The van der Waals surface area contributed by atoms with Crippen LogP contribution in [-0.4, -0.2) is 47.2 Å². The number of nitro benzene ring substituents is 1. The van der Waals surface area contributed by atoms with E-state index in [9.17, 15) is 14.9 Å². The fraction of sp³-hybridized carbons (Fsp3) is 0.417. The number of non-ortho nitro benzene ring substituents is 1. The minimum atomic E-state index is -0.903. The topological polar surface area (TPSA) is 86.9 Å². The number of carboxylic acid groups (broad SMARTS) is 1. The molecule has 1 fully saturated rings. The van der Waals surface area contributed by atoms with Crippen molar-refractivity contribution in [3.8, 4) is 0 Å². The molecule has 1 aliphatic heterocycles. The zero-order chi connectivity index (χ0) is 14.0. The number of benzene rings is 1. The molecule has 0 atom stereocenters. The number of nitrogens with zero attached hydrogens (tertiary/aromatic N) is 3. The number of amides is 1. The molecule has 1 aromatic carbocycles. The van der Waals surface area contributed by atoms with Gasteiger partial charge in [-0.3, -0.25) is 10.1 Å². The van der Waals surface area contributed by atoms with Gasteiger partial charge in [0.15, 0.2) is 0 Å². The smallest absolute Gasteiger partial charge is 0.407 e. The summed E-state index contributed by atoms with van der Waals surface area (Å²) in [4.78, 5) is 24.5. The van der Waals surface area contributed by atoms with Gasteiger partial charge in [0.05, 0.1) is 4.92 Å². The molecule has 1 N–H and O–H groups in total. The van der Waals surface area contributed by atoms with Gasteiger partial charge in [-0.05, 0) is 18.6 Å². The third kappa shape index (κ3) is 2.75. The first kappa shape index (κ1) is 13.1. The van der Waals surface area contributed by atoms with Crippen molar-refractivity contribution < 1.29 is 14.8 Å². The molecule has 0 radical (unpaired) electrons. The molecule has 0 bridgehead atoms. The highest BCUT2D eigenvalue weighted by molar-refractivity contribution is 5.66. The quantitative estimate of drug-likeness (QED) is 0.649. The SMILES string of the molecule is Cc1cc([N+](=O)[O-])ccc1N1CCN(C(=O)O)CC1. The highest BCUT2D eigenvalue weighted by atomic mass is 16.6. The molecule has 7 nitrogen and oxygen atoms in total. The van der Waals surface area contributed by atoms with Crippen molar-refractivity contribution in [3.05, 3.63) is 33.9 Å². The van der Waals surface area contributed by atoms with E-state index in [1.165, 1.54) is 11.0 Å². The second-order valence-electron chi connectivity index (χ2n) is 4.48. The summed E-state index contributed by atoms with van der Waals surface area (Å²) in [6.45, 7) is 3.93. The van der Waals surface area contributed by atoms with Gasteiger partial charge in [0.25, 0.3) is 5.69 Å². The van der Waals surface area contributed by atoms with E-state index in [1.807, 2.05) is 6.92 Å². The van der Waals surface area contributed by atoms with Gasteiger partial charge in [-0.15, -0.1) is 0 Å². The van der Waals surface area contributed by atoms with Crippen molar-refractivity contribution in [3.63, 3.8) is 0 Å². The van der Waals surface area contributed by atoms with E-state index in [-0.39, 0.29) is 5.69 Å². The molecule has 1 amide bonds. The Labute approximate surface area is 110 Å². The van der Waals surface area contributed by atoms with Crippen LogP contribution in [0.5, 0.6) is 0 Å². The largest absolute Gasteiger partial charge is 0.465 e. The first-order valence-electron chi connectivity index (χ1n) is 5.97. The standard InChI is InChI=1S/C12H15N3O4/c1-9-8-10(15(18)19)2-3-11(9)13-4-6-14(7-5-13)12(16)17/h2-3,8H,4-7H2,1H3,(H,16,17). The van der Waals surface area contributed by atoms with E-state index in [2.05, 4.69) is 4.90 Å². The number of anilines is 1. The monoisotopic (exact) mass is 265 g/mol. The van der Waals surface area contributed by atoms with Crippen LogP contribution in [0.1, 0.15) is 5.56 Å². The number of piperazine rings is 1. The molecule has 1 heterocycles. The van der Waals surface area contributed by atoms with E-state index in [0.29, 0.717) is 26.2 Å². The van der Waals surface area contributed by atoms with Crippen LogP contribution in [-0.2, 0) is 0 Å². The van der Waals surface area contributed by atoms with Gasteiger partial charge in [0, 0.05) is 44.0 Å². The van der Waals surface area contributed by atoms with Crippen LogP contribution < -0.4 is 4.90 Å². The van der Waals surface area contributed by atoms with Crippen LogP contribution in [0.25, 0.3) is 0 Å². The third-order valence-corrected chi connectivity index (χ3v) is 3.28. The number of carbonyl (C=O) groups is 1. The maximum atomic E-state index is 10.8. The van der Waals surface area contributed by atoms with E-state index >= 15 is 0 Å². The molecule has 0 unspecified atom stereocenters. The molecule has 1 saturated heterocycles. The second kappa shape index (κ2) is 5.13. The summed E-state index contributed by atoms with van der Waals surface area (Å²) in [5, 5.41) is 19.6. The van der Waals surface area contributed by atoms with Crippen LogP contribution in [0.3, 0.4) is 0 Å². The Balaban J connectivity index is 2.11. The summed E-state index contributed by atoms with van der Waals surface area (Å²) in [5.74, 6) is 0. The average Bonchev–Trinajstić information content (AvgIpc) is 2.38. The minimum Gasteiger partial charge on any atom is -0.465 e. The average molecular weight is 265 g/mol. The number of nitro groups is 1. The molecule has 2 rings (SSSR count). The van der Waals surface area contributed by atoms with Crippen LogP contribution >= 0.6 is 0 Å². The van der Waals surface area contributed by atoms with Gasteiger partial charge in [-0.25, -0.2) is 4.79 Å². The zero-order valence-corrected chi connectivity index (χ0v) is 10.6. The summed E-state index contributed by atoms with van der Waals surface area (Å²) < 4.78 is 0. The summed E-state index contributed by atoms with van der Waals surface area (Å²) in [5.41, 5.74) is 1.83. The summed E-state index contributed by atoms with van der Waals surface area (Å²) in [6.07, 6.45) is -0.903. The first-order chi connectivity index (χ1) is 8.99. The molecule has 102 valence electrons. The van der Waals surface area contributed by atoms with E-state index < -0.39 is 11.0 Å². The Kier molecular flexibility index (Phi) is 3.55. The number of hydrogen-bond acceptors (Lipinski definition) is 4. The van der Waals surface area contributed by atoms with Gasteiger partial charge in [0.1, 0.15) is 0 Å². The van der Waals surface area contributed by atoms with Crippen molar-refractivity contribution in [2.24, 2.45) is 0 Å².